The van der Waals surface area contributed by atoms with Crippen LogP contribution in [0.5, 0.6) is 17.2 Å². The highest BCUT2D eigenvalue weighted by atomic mass is 32.2. The molecular weight excluding hydrogens is 475 g/mol. The van der Waals surface area contributed by atoms with E-state index >= 15 is 0 Å². The van der Waals surface area contributed by atoms with E-state index in [-0.39, 0.29) is 30.1 Å². The standard InChI is InChI=1S/C23H34F3NO6S/c1-15-18(32-13-12-30-4)14-19(31-5)21(33-34(28,29)23(24,25)26)20(15)22-9-7-6-8-17(22)16(2)27(3)11-10-22/h14,16-17H,6-13H2,1-5H3. The highest BCUT2D eigenvalue weighted by Gasteiger charge is 2.54. The number of piperidine rings is 1. The molecule has 34 heavy (non-hydrogen) atoms. The molecule has 1 aromatic carbocycles. The van der Waals surface area contributed by atoms with Gasteiger partial charge in [-0.25, -0.2) is 0 Å². The van der Waals surface area contributed by atoms with Crippen LogP contribution in [0.4, 0.5) is 13.2 Å². The molecule has 1 aromatic rings. The lowest BCUT2D eigenvalue weighted by Crippen LogP contribution is -2.55. The molecule has 2 fully saturated rings. The van der Waals surface area contributed by atoms with Crippen LogP contribution >= 0.6 is 0 Å². The van der Waals surface area contributed by atoms with Gasteiger partial charge in [0.05, 0.1) is 13.7 Å². The highest BCUT2D eigenvalue weighted by molar-refractivity contribution is 7.88. The Kier molecular flexibility index (Phi) is 7.99. The van der Waals surface area contributed by atoms with Gasteiger partial charge in [-0.1, -0.05) is 12.8 Å². The maximum Gasteiger partial charge on any atom is 0.534 e. The predicted octanol–water partition coefficient (Wildman–Crippen LogP) is 4.41. The first-order chi connectivity index (χ1) is 15.9. The number of likely N-dealkylation sites (tertiary alicyclic amines) is 1. The monoisotopic (exact) mass is 509 g/mol. The average molecular weight is 510 g/mol. The van der Waals surface area contributed by atoms with Gasteiger partial charge in [-0.3, -0.25) is 0 Å². The molecule has 1 aliphatic carbocycles. The van der Waals surface area contributed by atoms with E-state index < -0.39 is 21.0 Å². The summed E-state index contributed by atoms with van der Waals surface area (Å²) in [7, 11) is -1.07. The molecule has 0 bridgehead atoms. The highest BCUT2D eigenvalue weighted by Crippen LogP contribution is 2.57. The van der Waals surface area contributed by atoms with E-state index in [4.69, 9.17) is 18.4 Å². The predicted molar refractivity (Wildman–Crippen MR) is 121 cm³/mol. The van der Waals surface area contributed by atoms with Crippen molar-refractivity contribution in [3.63, 3.8) is 0 Å². The van der Waals surface area contributed by atoms with E-state index in [2.05, 4.69) is 11.8 Å². The zero-order valence-electron chi connectivity index (χ0n) is 20.3. The largest absolute Gasteiger partial charge is 0.534 e. The number of alkyl halides is 3. The van der Waals surface area contributed by atoms with Gasteiger partial charge < -0.3 is 23.3 Å². The lowest BCUT2D eigenvalue weighted by atomic mass is 9.56. The molecule has 7 nitrogen and oxygen atoms in total. The van der Waals surface area contributed by atoms with Crippen LogP contribution in [-0.4, -0.2) is 65.9 Å². The minimum atomic E-state index is -5.91. The fourth-order valence-corrected chi connectivity index (χ4v) is 6.17. The molecular formula is C23H34F3NO6S. The summed E-state index contributed by atoms with van der Waals surface area (Å²) in [6, 6.07) is 1.55. The van der Waals surface area contributed by atoms with Gasteiger partial charge in [-0.05, 0) is 58.2 Å². The average Bonchev–Trinajstić information content (AvgIpc) is 2.77. The first-order valence-corrected chi connectivity index (χ1v) is 12.8. The van der Waals surface area contributed by atoms with Gasteiger partial charge in [0.15, 0.2) is 11.5 Å². The molecule has 3 unspecified atom stereocenters. The number of benzene rings is 1. The van der Waals surface area contributed by atoms with Crippen molar-refractivity contribution in [3.05, 3.63) is 17.2 Å². The molecule has 3 rings (SSSR count). The number of nitrogens with zero attached hydrogens (tertiary/aromatic N) is 1. The summed E-state index contributed by atoms with van der Waals surface area (Å²) < 4.78 is 85.6. The van der Waals surface area contributed by atoms with Crippen LogP contribution in [0.25, 0.3) is 0 Å². The van der Waals surface area contributed by atoms with E-state index in [9.17, 15) is 21.6 Å². The van der Waals surface area contributed by atoms with Crippen molar-refractivity contribution in [3.8, 4) is 17.2 Å². The van der Waals surface area contributed by atoms with Gasteiger partial charge in [-0.2, -0.15) is 21.6 Å². The molecule has 1 saturated heterocycles. The fraction of sp³-hybridized carbons (Fsp3) is 0.739. The van der Waals surface area contributed by atoms with Crippen LogP contribution < -0.4 is 13.7 Å². The third kappa shape index (κ3) is 4.83. The number of halogens is 3. The van der Waals surface area contributed by atoms with Gasteiger partial charge in [0, 0.05) is 30.2 Å². The SMILES string of the molecule is COCCOc1cc(OC)c(OS(=O)(=O)C(F)(F)F)c(C23CCCCC2C(C)N(C)CC3)c1C. The molecule has 194 valence electrons. The second-order valence-corrected chi connectivity index (χ2v) is 10.7. The van der Waals surface area contributed by atoms with Crippen molar-refractivity contribution < 1.29 is 40.0 Å². The van der Waals surface area contributed by atoms with E-state index in [0.29, 0.717) is 36.3 Å². The Labute approximate surface area is 199 Å². The molecule has 2 aliphatic rings. The Balaban J connectivity index is 2.28. The van der Waals surface area contributed by atoms with Crippen LogP contribution in [0.1, 0.15) is 50.2 Å². The van der Waals surface area contributed by atoms with E-state index in [1.54, 1.807) is 6.92 Å². The lowest BCUT2D eigenvalue weighted by Gasteiger charge is -2.54. The van der Waals surface area contributed by atoms with Crippen molar-refractivity contribution in [2.75, 3.05) is 41.0 Å². The molecule has 3 atom stereocenters. The van der Waals surface area contributed by atoms with E-state index in [1.165, 1.54) is 20.3 Å². The topological polar surface area (TPSA) is 74.3 Å². The van der Waals surface area contributed by atoms with Gasteiger partial charge in [0.25, 0.3) is 0 Å². The summed E-state index contributed by atoms with van der Waals surface area (Å²) in [4.78, 5) is 2.24. The maximum atomic E-state index is 13.4. The van der Waals surface area contributed by atoms with Crippen molar-refractivity contribution in [1.82, 2.24) is 4.90 Å². The lowest BCUT2D eigenvalue weighted by molar-refractivity contribution is -0.0502. The molecule has 0 radical (unpaired) electrons. The third-order valence-electron chi connectivity index (χ3n) is 7.48. The van der Waals surface area contributed by atoms with E-state index in [1.807, 2.05) is 7.05 Å². The summed E-state index contributed by atoms with van der Waals surface area (Å²) in [5, 5.41) is 0. The second-order valence-electron chi connectivity index (χ2n) is 9.21. The Bertz CT molecular complexity index is 984. The van der Waals surface area contributed by atoms with Crippen LogP contribution in [-0.2, 0) is 20.3 Å². The molecule has 1 aliphatic heterocycles. The zero-order chi connectivity index (χ0) is 25.3. The number of methoxy groups -OCH3 is 2. The van der Waals surface area contributed by atoms with E-state index in [0.717, 1.165) is 25.8 Å². The molecule has 0 N–H and O–H groups in total. The Morgan fingerprint density at radius 3 is 2.47 bits per heavy atom. The minimum Gasteiger partial charge on any atom is -0.493 e. The molecule has 11 heteroatoms. The molecule has 0 amide bonds. The van der Waals surface area contributed by atoms with Gasteiger partial charge in [0.1, 0.15) is 12.4 Å². The van der Waals surface area contributed by atoms with Crippen molar-refractivity contribution in [2.45, 2.75) is 62.9 Å². The minimum absolute atomic E-state index is 0.105. The quantitative estimate of drug-likeness (QED) is 0.292. The van der Waals surface area contributed by atoms with Crippen LogP contribution in [0, 0.1) is 12.8 Å². The van der Waals surface area contributed by atoms with Crippen molar-refractivity contribution >= 4 is 10.1 Å². The first-order valence-electron chi connectivity index (χ1n) is 11.4. The second kappa shape index (κ2) is 10.1. The van der Waals surface area contributed by atoms with Crippen LogP contribution in [0.15, 0.2) is 6.07 Å². The van der Waals surface area contributed by atoms with Gasteiger partial charge >= 0.3 is 15.6 Å². The van der Waals surface area contributed by atoms with Crippen molar-refractivity contribution in [2.24, 2.45) is 5.92 Å². The Morgan fingerprint density at radius 2 is 1.85 bits per heavy atom. The van der Waals surface area contributed by atoms with Gasteiger partial charge in [0.2, 0.25) is 0 Å². The summed E-state index contributed by atoms with van der Waals surface area (Å²) in [6.45, 7) is 5.11. The Hall–Kier alpha value is -1.72. The molecule has 0 spiro atoms. The number of hydrogen-bond acceptors (Lipinski definition) is 7. The molecule has 1 heterocycles. The van der Waals surface area contributed by atoms with Crippen LogP contribution in [0.3, 0.4) is 0 Å². The number of fused-ring (bicyclic) bond motifs is 1. The first kappa shape index (κ1) is 26.9. The summed E-state index contributed by atoms with van der Waals surface area (Å²) >= 11 is 0. The summed E-state index contributed by atoms with van der Waals surface area (Å²) in [5.74, 6) is 0.0192. The summed E-state index contributed by atoms with van der Waals surface area (Å²) in [6.07, 6.45) is 4.14. The smallest absolute Gasteiger partial charge is 0.493 e. The number of rotatable bonds is 8. The maximum absolute atomic E-state index is 13.4. The summed E-state index contributed by atoms with van der Waals surface area (Å²) in [5.41, 5.74) is -5.14. The molecule has 0 aromatic heterocycles. The van der Waals surface area contributed by atoms with Crippen LogP contribution in [0.2, 0.25) is 0 Å². The number of hydrogen-bond donors (Lipinski definition) is 0. The Morgan fingerprint density at radius 1 is 1.15 bits per heavy atom. The number of ether oxygens (including phenoxy) is 3. The van der Waals surface area contributed by atoms with Gasteiger partial charge in [-0.15, -0.1) is 0 Å². The fourth-order valence-electron chi connectivity index (χ4n) is 5.69. The molecule has 1 saturated carbocycles. The zero-order valence-corrected chi connectivity index (χ0v) is 21.1. The third-order valence-corrected chi connectivity index (χ3v) is 8.44. The normalized spacial score (nSPS) is 26.1. The van der Waals surface area contributed by atoms with Crippen molar-refractivity contribution in [1.29, 1.82) is 0 Å².